The van der Waals surface area contributed by atoms with Gasteiger partial charge in [0, 0.05) is 5.02 Å². The van der Waals surface area contributed by atoms with E-state index in [1.165, 1.54) is 19.2 Å². The number of aromatic nitrogens is 4. The van der Waals surface area contributed by atoms with Crippen molar-refractivity contribution in [2.45, 2.75) is 4.90 Å². The number of halogens is 2. The number of anilines is 2. The Morgan fingerprint density at radius 2 is 2.05 bits per heavy atom. The molecule has 2 aromatic rings. The lowest BCUT2D eigenvalue weighted by Gasteiger charge is -2.09. The van der Waals surface area contributed by atoms with E-state index in [9.17, 15) is 8.42 Å². The zero-order valence-electron chi connectivity index (χ0n) is 9.50. The van der Waals surface area contributed by atoms with Gasteiger partial charge in [0.15, 0.2) is 0 Å². The van der Waals surface area contributed by atoms with Crippen molar-refractivity contribution in [1.29, 1.82) is 0 Å². The van der Waals surface area contributed by atoms with Gasteiger partial charge in [0.05, 0.1) is 17.8 Å². The first kappa shape index (κ1) is 13.8. The molecule has 0 amide bonds. The van der Waals surface area contributed by atoms with Crippen molar-refractivity contribution in [3.8, 4) is 0 Å². The maximum atomic E-state index is 12.1. The number of nitrogens with two attached hydrogens (primary N) is 1. The Kier molecular flexibility index (Phi) is 3.52. The van der Waals surface area contributed by atoms with Crippen LogP contribution in [0.1, 0.15) is 0 Å². The van der Waals surface area contributed by atoms with Crippen molar-refractivity contribution in [2.24, 2.45) is 7.05 Å². The lowest BCUT2D eigenvalue weighted by Crippen LogP contribution is -2.16. The Balaban J connectivity index is 2.45. The van der Waals surface area contributed by atoms with E-state index in [0.29, 0.717) is 0 Å². The number of tetrazole rings is 1. The van der Waals surface area contributed by atoms with Crippen LogP contribution >= 0.6 is 23.2 Å². The van der Waals surface area contributed by atoms with Gasteiger partial charge in [-0.05, 0) is 17.3 Å². The van der Waals surface area contributed by atoms with Gasteiger partial charge in [-0.1, -0.05) is 28.3 Å². The molecule has 0 aliphatic heterocycles. The van der Waals surface area contributed by atoms with E-state index in [-0.39, 0.29) is 26.6 Å². The van der Waals surface area contributed by atoms with Crippen LogP contribution in [0, 0.1) is 0 Å². The van der Waals surface area contributed by atoms with E-state index in [4.69, 9.17) is 28.9 Å². The summed E-state index contributed by atoms with van der Waals surface area (Å²) in [5, 5.41) is 10.8. The fraction of sp³-hybridized carbons (Fsp3) is 0.125. The fourth-order valence-corrected chi connectivity index (χ4v) is 3.28. The van der Waals surface area contributed by atoms with Gasteiger partial charge in [0.25, 0.3) is 16.0 Å². The van der Waals surface area contributed by atoms with Crippen LogP contribution < -0.4 is 10.5 Å². The molecule has 8 nitrogen and oxygen atoms in total. The van der Waals surface area contributed by atoms with Crippen molar-refractivity contribution in [3.63, 3.8) is 0 Å². The molecule has 0 saturated carbocycles. The number of hydrogen-bond donors (Lipinski definition) is 2. The summed E-state index contributed by atoms with van der Waals surface area (Å²) in [5.41, 5.74) is 5.54. The van der Waals surface area contributed by atoms with E-state index < -0.39 is 10.0 Å². The molecule has 1 aromatic heterocycles. The van der Waals surface area contributed by atoms with Gasteiger partial charge in [-0.15, -0.1) is 5.10 Å². The van der Waals surface area contributed by atoms with Gasteiger partial charge in [0.1, 0.15) is 4.90 Å². The highest BCUT2D eigenvalue weighted by Gasteiger charge is 2.23. The molecule has 0 radical (unpaired) electrons. The summed E-state index contributed by atoms with van der Waals surface area (Å²) in [6.07, 6.45) is 0. The predicted molar refractivity (Wildman–Crippen MR) is 70.5 cm³/mol. The second kappa shape index (κ2) is 4.83. The molecule has 102 valence electrons. The lowest BCUT2D eigenvalue weighted by molar-refractivity contribution is 0.601. The normalized spacial score (nSPS) is 11.5. The van der Waals surface area contributed by atoms with Gasteiger partial charge in [-0.2, -0.15) is 4.80 Å². The van der Waals surface area contributed by atoms with Crippen LogP contribution in [-0.4, -0.2) is 28.6 Å². The number of nitrogens with one attached hydrogen (secondary N) is 1. The number of rotatable bonds is 3. The van der Waals surface area contributed by atoms with Crippen molar-refractivity contribution < 1.29 is 8.42 Å². The van der Waals surface area contributed by atoms with Crippen LogP contribution in [0.3, 0.4) is 0 Å². The number of hydrogen-bond acceptors (Lipinski definition) is 6. The monoisotopic (exact) mass is 322 g/mol. The second-order valence-electron chi connectivity index (χ2n) is 3.51. The van der Waals surface area contributed by atoms with E-state index in [1.807, 2.05) is 0 Å². The molecular formula is C8H8Cl2N6O2S. The standard InChI is InChI=1S/C8H8Cl2N6O2S/c1-16-13-8(12-15-16)14-19(17,18)7-5(10)2-4(9)3-6(7)11/h2-3H,11H2,1H3,(H,13,14). The van der Waals surface area contributed by atoms with Crippen LogP contribution in [-0.2, 0) is 17.1 Å². The summed E-state index contributed by atoms with van der Waals surface area (Å²) in [5.74, 6) is -0.187. The van der Waals surface area contributed by atoms with Crippen molar-refractivity contribution in [2.75, 3.05) is 10.5 Å². The van der Waals surface area contributed by atoms with Crippen molar-refractivity contribution in [3.05, 3.63) is 22.2 Å². The number of sulfonamides is 1. The Morgan fingerprint density at radius 1 is 1.37 bits per heavy atom. The molecular weight excluding hydrogens is 315 g/mol. The molecule has 11 heteroatoms. The predicted octanol–water partition coefficient (Wildman–Crippen LogP) is 0.900. The van der Waals surface area contributed by atoms with Crippen LogP contribution in [0.2, 0.25) is 10.0 Å². The highest BCUT2D eigenvalue weighted by Crippen LogP contribution is 2.31. The second-order valence-corrected chi connectivity index (χ2v) is 5.98. The fourth-order valence-electron chi connectivity index (χ4n) is 1.36. The van der Waals surface area contributed by atoms with Crippen molar-refractivity contribution >= 4 is 44.9 Å². The minimum atomic E-state index is -4.02. The van der Waals surface area contributed by atoms with Gasteiger partial charge < -0.3 is 5.73 Å². The maximum Gasteiger partial charge on any atom is 0.277 e. The molecule has 0 fully saturated rings. The first-order valence-electron chi connectivity index (χ1n) is 4.81. The van der Waals surface area contributed by atoms with Crippen LogP contribution in [0.15, 0.2) is 17.0 Å². The summed E-state index contributed by atoms with van der Waals surface area (Å²) in [7, 11) is -2.53. The molecule has 0 atom stereocenters. The van der Waals surface area contributed by atoms with Crippen LogP contribution in [0.5, 0.6) is 0 Å². The van der Waals surface area contributed by atoms with E-state index in [1.54, 1.807) is 0 Å². The summed E-state index contributed by atoms with van der Waals surface area (Å²) in [6, 6.07) is 2.56. The SMILES string of the molecule is Cn1nnc(NS(=O)(=O)c2c(N)cc(Cl)cc2Cl)n1. The molecule has 0 aliphatic rings. The third kappa shape index (κ3) is 2.88. The summed E-state index contributed by atoms with van der Waals surface area (Å²) >= 11 is 11.6. The molecule has 3 N–H and O–H groups in total. The maximum absolute atomic E-state index is 12.1. The molecule has 1 heterocycles. The Labute approximate surface area is 118 Å². The molecule has 0 saturated heterocycles. The van der Waals surface area contributed by atoms with Crippen LogP contribution in [0.25, 0.3) is 0 Å². The third-order valence-corrected chi connectivity index (χ3v) is 4.11. The molecule has 0 spiro atoms. The number of nitrogen functional groups attached to an aromatic ring is 1. The minimum Gasteiger partial charge on any atom is -0.398 e. The quantitative estimate of drug-likeness (QED) is 0.811. The lowest BCUT2D eigenvalue weighted by atomic mass is 10.3. The van der Waals surface area contributed by atoms with Crippen molar-refractivity contribution in [1.82, 2.24) is 20.2 Å². The molecule has 0 unspecified atom stereocenters. The largest absolute Gasteiger partial charge is 0.398 e. The topological polar surface area (TPSA) is 116 Å². The summed E-state index contributed by atoms with van der Waals surface area (Å²) in [6.45, 7) is 0. The Morgan fingerprint density at radius 3 is 2.58 bits per heavy atom. The summed E-state index contributed by atoms with van der Waals surface area (Å²) in [4.78, 5) is 0.816. The average molecular weight is 323 g/mol. The number of benzene rings is 1. The first-order chi connectivity index (χ1) is 8.79. The van der Waals surface area contributed by atoms with Gasteiger partial charge in [0.2, 0.25) is 0 Å². The number of aryl methyl sites for hydroxylation is 1. The minimum absolute atomic E-state index is 0.0751. The average Bonchev–Trinajstić information content (AvgIpc) is 2.60. The van der Waals surface area contributed by atoms with Gasteiger partial charge >= 0.3 is 0 Å². The van der Waals surface area contributed by atoms with E-state index in [2.05, 4.69) is 20.1 Å². The molecule has 0 bridgehead atoms. The smallest absolute Gasteiger partial charge is 0.277 e. The highest BCUT2D eigenvalue weighted by molar-refractivity contribution is 7.93. The Hall–Kier alpha value is -1.58. The van der Waals surface area contributed by atoms with E-state index >= 15 is 0 Å². The van der Waals surface area contributed by atoms with Crippen LogP contribution in [0.4, 0.5) is 11.6 Å². The molecule has 0 aliphatic carbocycles. The van der Waals surface area contributed by atoms with Gasteiger partial charge in [-0.25, -0.2) is 13.1 Å². The zero-order chi connectivity index (χ0) is 14.2. The van der Waals surface area contributed by atoms with Gasteiger partial charge in [-0.3, -0.25) is 0 Å². The Bertz CT molecular complexity index is 706. The van der Waals surface area contributed by atoms with E-state index in [0.717, 1.165) is 4.80 Å². The molecule has 1 aromatic carbocycles. The zero-order valence-corrected chi connectivity index (χ0v) is 11.8. The number of nitrogens with zero attached hydrogens (tertiary/aromatic N) is 4. The first-order valence-corrected chi connectivity index (χ1v) is 7.05. The third-order valence-electron chi connectivity index (χ3n) is 2.04. The molecule has 19 heavy (non-hydrogen) atoms. The summed E-state index contributed by atoms with van der Waals surface area (Å²) < 4.78 is 26.4. The molecule has 2 rings (SSSR count). The highest BCUT2D eigenvalue weighted by atomic mass is 35.5.